The van der Waals surface area contributed by atoms with Crippen molar-refractivity contribution in [2.75, 3.05) is 11.9 Å². The number of urea groups is 1. The summed E-state index contributed by atoms with van der Waals surface area (Å²) in [6.45, 7) is 0.551. The number of halogens is 1. The van der Waals surface area contributed by atoms with Crippen molar-refractivity contribution in [1.29, 1.82) is 0 Å². The highest BCUT2D eigenvalue weighted by atomic mass is 35.5. The quantitative estimate of drug-likeness (QED) is 0.793. The van der Waals surface area contributed by atoms with E-state index in [1.165, 1.54) is 12.8 Å². The highest BCUT2D eigenvalue weighted by Gasteiger charge is 2.26. The lowest BCUT2D eigenvalue weighted by Crippen LogP contribution is -2.30. The standard InChI is InChI=1S/C15H17ClN4O/c16-12-3-1-2-10(8-12)6-7-17-15(21)18-14-9-13(19-20-14)11-4-5-11/h1-3,8-9,11H,4-7H2,(H3,17,18,19,20,21). The number of nitrogens with zero attached hydrogens (tertiary/aromatic N) is 1. The maximum Gasteiger partial charge on any atom is 0.320 e. The summed E-state index contributed by atoms with van der Waals surface area (Å²) in [5.74, 6) is 1.21. The molecule has 2 amide bonds. The highest BCUT2D eigenvalue weighted by molar-refractivity contribution is 6.30. The summed E-state index contributed by atoms with van der Waals surface area (Å²) < 4.78 is 0. The molecule has 5 nitrogen and oxygen atoms in total. The Morgan fingerprint density at radius 3 is 3.00 bits per heavy atom. The molecule has 0 spiro atoms. The van der Waals surface area contributed by atoms with Gasteiger partial charge in [0.1, 0.15) is 5.82 Å². The van der Waals surface area contributed by atoms with Gasteiger partial charge in [-0.15, -0.1) is 0 Å². The smallest absolute Gasteiger partial charge is 0.320 e. The lowest BCUT2D eigenvalue weighted by Gasteiger charge is -2.06. The van der Waals surface area contributed by atoms with Gasteiger partial charge in [0.05, 0.1) is 5.69 Å². The van der Waals surface area contributed by atoms with E-state index in [-0.39, 0.29) is 6.03 Å². The number of benzene rings is 1. The monoisotopic (exact) mass is 304 g/mol. The molecule has 3 rings (SSSR count). The van der Waals surface area contributed by atoms with Crippen molar-refractivity contribution in [2.45, 2.75) is 25.2 Å². The van der Waals surface area contributed by atoms with Crippen LogP contribution in [0.5, 0.6) is 0 Å². The van der Waals surface area contributed by atoms with Gasteiger partial charge in [-0.05, 0) is 37.0 Å². The highest BCUT2D eigenvalue weighted by Crippen LogP contribution is 2.39. The van der Waals surface area contributed by atoms with Gasteiger partial charge in [0.15, 0.2) is 0 Å². The number of anilines is 1. The van der Waals surface area contributed by atoms with Crippen molar-refractivity contribution in [3.63, 3.8) is 0 Å². The van der Waals surface area contributed by atoms with Gasteiger partial charge in [0.25, 0.3) is 0 Å². The number of hydrogen-bond acceptors (Lipinski definition) is 2. The first kappa shape index (κ1) is 13.9. The second kappa shape index (κ2) is 6.18. The van der Waals surface area contributed by atoms with Crippen molar-refractivity contribution in [3.8, 4) is 0 Å². The van der Waals surface area contributed by atoms with Crippen molar-refractivity contribution >= 4 is 23.4 Å². The minimum absolute atomic E-state index is 0.233. The van der Waals surface area contributed by atoms with E-state index in [2.05, 4.69) is 20.8 Å². The van der Waals surface area contributed by atoms with Crippen LogP contribution in [0.15, 0.2) is 30.3 Å². The van der Waals surface area contributed by atoms with Gasteiger partial charge in [-0.25, -0.2) is 4.79 Å². The number of carbonyl (C=O) groups excluding carboxylic acids is 1. The van der Waals surface area contributed by atoms with Crippen molar-refractivity contribution < 1.29 is 4.79 Å². The Kier molecular flexibility index (Phi) is 4.10. The molecule has 6 heteroatoms. The fourth-order valence-electron chi connectivity index (χ4n) is 2.17. The van der Waals surface area contributed by atoms with Crippen molar-refractivity contribution in [3.05, 3.63) is 46.6 Å². The molecule has 1 aromatic heterocycles. The van der Waals surface area contributed by atoms with Crippen LogP contribution in [0.2, 0.25) is 5.02 Å². The van der Waals surface area contributed by atoms with E-state index in [0.717, 1.165) is 17.7 Å². The van der Waals surface area contributed by atoms with Crippen LogP contribution in [-0.4, -0.2) is 22.8 Å². The Hall–Kier alpha value is -2.01. The first-order chi connectivity index (χ1) is 10.2. The molecule has 0 unspecified atom stereocenters. The molecule has 1 fully saturated rings. The Labute approximate surface area is 128 Å². The molecule has 110 valence electrons. The van der Waals surface area contributed by atoms with E-state index in [9.17, 15) is 4.79 Å². The summed E-state index contributed by atoms with van der Waals surface area (Å²) in [4.78, 5) is 11.8. The minimum atomic E-state index is -0.233. The average molecular weight is 305 g/mol. The summed E-state index contributed by atoms with van der Waals surface area (Å²) in [5, 5.41) is 13.3. The van der Waals surface area contributed by atoms with E-state index in [4.69, 9.17) is 11.6 Å². The number of aromatic amines is 1. The molecule has 0 atom stereocenters. The van der Waals surface area contributed by atoms with E-state index in [1.807, 2.05) is 30.3 Å². The SMILES string of the molecule is O=C(NCCc1cccc(Cl)c1)Nc1cc(C2CC2)n[nH]1. The number of hydrogen-bond donors (Lipinski definition) is 3. The van der Waals surface area contributed by atoms with Crippen LogP contribution in [0.25, 0.3) is 0 Å². The van der Waals surface area contributed by atoms with E-state index in [1.54, 1.807) is 0 Å². The largest absolute Gasteiger partial charge is 0.337 e. The van der Waals surface area contributed by atoms with Crippen molar-refractivity contribution in [1.82, 2.24) is 15.5 Å². The zero-order chi connectivity index (χ0) is 14.7. The zero-order valence-electron chi connectivity index (χ0n) is 11.5. The summed E-state index contributed by atoms with van der Waals surface area (Å²) in [5.41, 5.74) is 2.13. The van der Waals surface area contributed by atoms with Gasteiger partial charge < -0.3 is 5.32 Å². The average Bonchev–Trinajstić information content (AvgIpc) is 3.20. The summed E-state index contributed by atoms with van der Waals surface area (Å²) in [6.07, 6.45) is 3.12. The third-order valence-corrected chi connectivity index (χ3v) is 3.66. The summed E-state index contributed by atoms with van der Waals surface area (Å²) in [7, 11) is 0. The number of carbonyl (C=O) groups is 1. The third kappa shape index (κ3) is 3.98. The lowest BCUT2D eigenvalue weighted by molar-refractivity contribution is 0.252. The van der Waals surface area contributed by atoms with Gasteiger partial charge in [0.2, 0.25) is 0 Å². The van der Waals surface area contributed by atoms with Crippen LogP contribution in [0.3, 0.4) is 0 Å². The number of nitrogens with one attached hydrogen (secondary N) is 3. The van der Waals surface area contributed by atoms with Crippen LogP contribution in [0.1, 0.15) is 30.0 Å². The Balaban J connectivity index is 1.43. The topological polar surface area (TPSA) is 69.8 Å². The lowest BCUT2D eigenvalue weighted by atomic mass is 10.1. The minimum Gasteiger partial charge on any atom is -0.337 e. The first-order valence-electron chi connectivity index (χ1n) is 7.05. The van der Waals surface area contributed by atoms with Crippen LogP contribution >= 0.6 is 11.6 Å². The van der Waals surface area contributed by atoms with Crippen LogP contribution in [0.4, 0.5) is 10.6 Å². The normalized spacial score (nSPS) is 14.0. The summed E-state index contributed by atoms with van der Waals surface area (Å²) >= 11 is 5.92. The van der Waals surface area contributed by atoms with Crippen LogP contribution in [0, 0.1) is 0 Å². The molecule has 1 saturated carbocycles. The maximum absolute atomic E-state index is 11.8. The molecular formula is C15H17ClN4O. The molecular weight excluding hydrogens is 288 g/mol. The molecule has 0 aliphatic heterocycles. The number of aromatic nitrogens is 2. The molecule has 1 aliphatic rings. The van der Waals surface area contributed by atoms with Gasteiger partial charge in [0, 0.05) is 23.6 Å². The fraction of sp³-hybridized carbons (Fsp3) is 0.333. The van der Waals surface area contributed by atoms with E-state index >= 15 is 0 Å². The second-order valence-electron chi connectivity index (χ2n) is 5.24. The molecule has 21 heavy (non-hydrogen) atoms. The fourth-order valence-corrected chi connectivity index (χ4v) is 2.38. The molecule has 1 aliphatic carbocycles. The van der Waals surface area contributed by atoms with Gasteiger partial charge in [-0.2, -0.15) is 5.10 Å². The maximum atomic E-state index is 11.8. The molecule has 3 N–H and O–H groups in total. The molecule has 0 bridgehead atoms. The molecule has 1 aromatic carbocycles. The molecule has 2 aromatic rings. The van der Waals surface area contributed by atoms with Crippen LogP contribution < -0.4 is 10.6 Å². The molecule has 0 saturated heterocycles. The molecule has 1 heterocycles. The number of H-pyrrole nitrogens is 1. The Morgan fingerprint density at radius 2 is 2.24 bits per heavy atom. The Morgan fingerprint density at radius 1 is 1.38 bits per heavy atom. The number of amides is 2. The van der Waals surface area contributed by atoms with E-state index in [0.29, 0.717) is 23.3 Å². The van der Waals surface area contributed by atoms with E-state index < -0.39 is 0 Å². The first-order valence-corrected chi connectivity index (χ1v) is 7.43. The Bertz CT molecular complexity index is 636. The van der Waals surface area contributed by atoms with Crippen molar-refractivity contribution in [2.24, 2.45) is 0 Å². The van der Waals surface area contributed by atoms with Gasteiger partial charge >= 0.3 is 6.03 Å². The van der Waals surface area contributed by atoms with Gasteiger partial charge in [-0.1, -0.05) is 23.7 Å². The molecule has 0 radical (unpaired) electrons. The summed E-state index contributed by atoms with van der Waals surface area (Å²) in [6, 6.07) is 9.29. The predicted octanol–water partition coefficient (Wildman–Crippen LogP) is 3.30. The van der Waals surface area contributed by atoms with Crippen LogP contribution in [-0.2, 0) is 6.42 Å². The number of rotatable bonds is 5. The second-order valence-corrected chi connectivity index (χ2v) is 5.68. The predicted molar refractivity (Wildman–Crippen MR) is 82.7 cm³/mol. The third-order valence-electron chi connectivity index (χ3n) is 3.43. The zero-order valence-corrected chi connectivity index (χ0v) is 12.3. The van der Waals surface area contributed by atoms with Gasteiger partial charge in [-0.3, -0.25) is 10.4 Å².